The Bertz CT molecular complexity index is 1120. The van der Waals surface area contributed by atoms with Crippen molar-refractivity contribution in [1.82, 2.24) is 20.5 Å². The Labute approximate surface area is 201 Å². The van der Waals surface area contributed by atoms with E-state index in [2.05, 4.69) is 15.6 Å². The fourth-order valence-corrected chi connectivity index (χ4v) is 3.14. The lowest BCUT2D eigenvalue weighted by atomic mass is 10.1. The maximum atomic E-state index is 13.0. The van der Waals surface area contributed by atoms with Crippen molar-refractivity contribution in [3.05, 3.63) is 59.4 Å². The summed E-state index contributed by atoms with van der Waals surface area (Å²) in [4.78, 5) is 31.1. The topological polar surface area (TPSA) is 118 Å². The van der Waals surface area contributed by atoms with Crippen LogP contribution in [0, 0.1) is 6.92 Å². The van der Waals surface area contributed by atoms with Crippen molar-refractivity contribution in [3.63, 3.8) is 0 Å². The number of rotatable bonds is 10. The molecule has 1 saturated heterocycles. The third-order valence-electron chi connectivity index (χ3n) is 5.11. The fourth-order valence-electron chi connectivity index (χ4n) is 3.14. The zero-order chi connectivity index (χ0) is 25.4. The molecule has 2 amide bonds. The van der Waals surface area contributed by atoms with Crippen molar-refractivity contribution in [2.75, 3.05) is 33.5 Å². The van der Waals surface area contributed by atoms with Gasteiger partial charge in [-0.15, -0.1) is 0 Å². The van der Waals surface area contributed by atoms with Gasteiger partial charge in [-0.25, -0.2) is 23.9 Å². The van der Waals surface area contributed by atoms with Crippen molar-refractivity contribution >= 4 is 17.6 Å². The second-order valence-corrected chi connectivity index (χ2v) is 7.87. The molecule has 1 fully saturated rings. The molecule has 0 saturated carbocycles. The van der Waals surface area contributed by atoms with Gasteiger partial charge in [0, 0.05) is 50.2 Å². The lowest BCUT2D eigenvalue weighted by molar-refractivity contribution is -0.115. The summed E-state index contributed by atoms with van der Waals surface area (Å²) in [6.07, 6.45) is 4.05. The number of aromatic nitrogens is 1. The lowest BCUT2D eigenvalue weighted by Crippen LogP contribution is -2.49. The molecule has 0 bridgehead atoms. The van der Waals surface area contributed by atoms with Crippen LogP contribution in [0.5, 0.6) is 17.4 Å². The number of ether oxygens (including phenoxy) is 2. The zero-order valence-corrected chi connectivity index (χ0v) is 19.5. The largest absolute Gasteiger partial charge is 0.485 e. The quantitative estimate of drug-likeness (QED) is 0.343. The predicted octanol–water partition coefficient (Wildman–Crippen LogP) is 1.34. The first-order valence-corrected chi connectivity index (χ1v) is 11.0. The Hall–Kier alpha value is -4.02. The van der Waals surface area contributed by atoms with Gasteiger partial charge in [0.2, 0.25) is 5.88 Å². The van der Waals surface area contributed by atoms with Crippen LogP contribution in [-0.4, -0.2) is 67.1 Å². The summed E-state index contributed by atoms with van der Waals surface area (Å²) >= 11 is 0. The number of nitrogens with zero attached hydrogens (tertiary/aromatic N) is 2. The molecule has 3 rings (SSSR count). The Morgan fingerprint density at radius 2 is 1.89 bits per heavy atom. The molecule has 0 unspecified atom stereocenters. The summed E-state index contributed by atoms with van der Waals surface area (Å²) < 4.78 is 37.3. The molecule has 2 aromatic rings. The molecule has 2 heterocycles. The molecular weight excluding hydrogens is 460 g/mol. The van der Waals surface area contributed by atoms with Crippen molar-refractivity contribution in [2.24, 2.45) is 0 Å². The average Bonchev–Trinajstić information content (AvgIpc) is 2.81. The van der Waals surface area contributed by atoms with Crippen LogP contribution in [0.1, 0.15) is 32.7 Å². The average molecular weight is 489 g/mol. The molecule has 1 aromatic carbocycles. The third-order valence-corrected chi connectivity index (χ3v) is 5.11. The number of likely N-dealkylation sites (tertiary alicyclic amines) is 1. The van der Waals surface area contributed by atoms with Crippen molar-refractivity contribution in [2.45, 2.75) is 19.4 Å². The van der Waals surface area contributed by atoms with Gasteiger partial charge in [0.05, 0.1) is 11.1 Å². The second kappa shape index (κ2) is 11.9. The number of nitrogens with one attached hydrogen (secondary N) is 2. The number of carbonyl (C=O) groups excluding carboxylic acids is 2. The van der Waals surface area contributed by atoms with E-state index < -0.39 is 25.4 Å². The van der Waals surface area contributed by atoms with Gasteiger partial charge in [-0.1, -0.05) is 0 Å². The first kappa shape index (κ1) is 25.6. The maximum absolute atomic E-state index is 13.0. The number of nitrogens with two attached hydrogens (primary N) is 1. The summed E-state index contributed by atoms with van der Waals surface area (Å²) in [5.74, 6) is -0.244. The SMILES string of the molecule is CN/C=C\C(=[NH2+])NC(=O)c1cc(Oc2ncc(C(=O)N3CCC3)cc2C)cc(OC(CF)CF)c1. The Kier molecular flexibility index (Phi) is 8.71. The molecule has 1 aromatic heterocycles. The number of aryl methyl sites for hydroxylation is 1. The van der Waals surface area contributed by atoms with Crippen LogP contribution in [0.25, 0.3) is 0 Å². The first-order valence-electron chi connectivity index (χ1n) is 11.0. The smallest absolute Gasteiger partial charge is 0.339 e. The van der Waals surface area contributed by atoms with E-state index in [9.17, 15) is 18.4 Å². The van der Waals surface area contributed by atoms with E-state index in [0.717, 1.165) is 19.5 Å². The molecule has 0 radical (unpaired) electrons. The Morgan fingerprint density at radius 1 is 1.17 bits per heavy atom. The van der Waals surface area contributed by atoms with Crippen LogP contribution < -0.4 is 25.5 Å². The Morgan fingerprint density at radius 3 is 2.49 bits per heavy atom. The minimum atomic E-state index is -1.33. The van der Waals surface area contributed by atoms with Crippen LogP contribution in [0.2, 0.25) is 0 Å². The second-order valence-electron chi connectivity index (χ2n) is 7.87. The highest BCUT2D eigenvalue weighted by molar-refractivity contribution is 6.08. The number of halogens is 2. The molecule has 9 nitrogen and oxygen atoms in total. The van der Waals surface area contributed by atoms with Crippen LogP contribution >= 0.6 is 0 Å². The highest BCUT2D eigenvalue weighted by Gasteiger charge is 2.23. The van der Waals surface area contributed by atoms with Gasteiger partial charge in [-0.3, -0.25) is 10.2 Å². The van der Waals surface area contributed by atoms with Gasteiger partial charge in [-0.2, -0.15) is 0 Å². The normalized spacial score (nSPS) is 12.9. The molecule has 0 atom stereocenters. The van der Waals surface area contributed by atoms with E-state index in [1.807, 2.05) is 0 Å². The van der Waals surface area contributed by atoms with E-state index in [-0.39, 0.29) is 34.7 Å². The van der Waals surface area contributed by atoms with Gasteiger partial charge < -0.3 is 19.7 Å². The number of pyridine rings is 1. The summed E-state index contributed by atoms with van der Waals surface area (Å²) in [7, 11) is 1.67. The highest BCUT2D eigenvalue weighted by atomic mass is 19.1. The minimum absolute atomic E-state index is 0.0273. The van der Waals surface area contributed by atoms with Crippen molar-refractivity contribution in [3.8, 4) is 17.4 Å². The molecular formula is C24H28F2N5O4+. The minimum Gasteiger partial charge on any atom is -0.485 e. The maximum Gasteiger partial charge on any atom is 0.339 e. The predicted molar refractivity (Wildman–Crippen MR) is 125 cm³/mol. The number of hydrogen-bond acceptors (Lipinski definition) is 6. The number of alkyl halides is 2. The number of amides is 2. The van der Waals surface area contributed by atoms with E-state index in [1.54, 1.807) is 24.9 Å². The summed E-state index contributed by atoms with van der Waals surface area (Å²) in [5.41, 5.74) is 1.12. The molecule has 1 aliphatic rings. The van der Waals surface area contributed by atoms with Crippen LogP contribution in [-0.2, 0) is 0 Å². The van der Waals surface area contributed by atoms with E-state index in [1.165, 1.54) is 36.7 Å². The summed E-state index contributed by atoms with van der Waals surface area (Å²) in [5, 5.41) is 11.0. The van der Waals surface area contributed by atoms with Gasteiger partial charge in [0.25, 0.3) is 11.7 Å². The van der Waals surface area contributed by atoms with E-state index >= 15 is 0 Å². The van der Waals surface area contributed by atoms with Gasteiger partial charge in [0.15, 0.2) is 6.10 Å². The number of carbonyl (C=O) groups is 2. The molecule has 35 heavy (non-hydrogen) atoms. The van der Waals surface area contributed by atoms with Crippen molar-refractivity contribution < 1.29 is 33.3 Å². The first-order chi connectivity index (χ1) is 16.8. The van der Waals surface area contributed by atoms with Gasteiger partial charge in [-0.05, 0) is 31.5 Å². The highest BCUT2D eigenvalue weighted by Crippen LogP contribution is 2.29. The number of hydrogen-bond donors (Lipinski definition) is 3. The Balaban J connectivity index is 1.86. The van der Waals surface area contributed by atoms with Crippen molar-refractivity contribution in [1.29, 1.82) is 0 Å². The molecule has 0 aliphatic carbocycles. The van der Waals surface area contributed by atoms with Gasteiger partial charge in [0.1, 0.15) is 24.8 Å². The molecule has 1 aliphatic heterocycles. The molecule has 0 spiro atoms. The fraction of sp³-hybridized carbons (Fsp3) is 0.333. The van der Waals surface area contributed by atoms with Crippen LogP contribution in [0.3, 0.4) is 0 Å². The van der Waals surface area contributed by atoms with E-state index in [0.29, 0.717) is 11.1 Å². The number of amidine groups is 1. The lowest BCUT2D eigenvalue weighted by Gasteiger charge is -2.30. The summed E-state index contributed by atoms with van der Waals surface area (Å²) in [6.45, 7) is 1.07. The zero-order valence-electron chi connectivity index (χ0n) is 19.5. The standard InChI is InChI=1S/C24H27F2N5O4/c1-15-8-17(24(33)31-6-3-7-31)14-29-23(15)35-19-10-16(22(32)30-21(27)4-5-28-2)9-18(11-19)34-20(12-25)13-26/h4-5,8-11,14,20,28H,3,6-7,12-13H2,1-2H3,(H2,27,30,32)/p+1/b5-4-. The third kappa shape index (κ3) is 6.75. The number of benzene rings is 1. The van der Waals surface area contributed by atoms with Crippen LogP contribution in [0.15, 0.2) is 42.7 Å². The molecule has 186 valence electrons. The van der Waals surface area contributed by atoms with Gasteiger partial charge >= 0.3 is 5.91 Å². The van der Waals surface area contributed by atoms with Crippen LogP contribution in [0.4, 0.5) is 8.78 Å². The summed E-state index contributed by atoms with van der Waals surface area (Å²) in [6, 6.07) is 5.80. The van der Waals surface area contributed by atoms with E-state index in [4.69, 9.17) is 14.9 Å². The monoisotopic (exact) mass is 488 g/mol. The molecule has 11 heteroatoms. The molecule has 4 N–H and O–H groups in total.